The SMILES string of the molecule is CCC(N)CSC1CCCC(OC)C1. The summed E-state index contributed by atoms with van der Waals surface area (Å²) in [5.41, 5.74) is 5.91. The minimum absolute atomic E-state index is 0.378. The van der Waals surface area contributed by atoms with E-state index in [1.165, 1.54) is 25.7 Å². The molecule has 0 amide bonds. The highest BCUT2D eigenvalue weighted by atomic mass is 32.2. The Hall–Kier alpha value is 0.270. The Balaban J connectivity index is 2.17. The number of methoxy groups -OCH3 is 1. The Bertz CT molecular complexity index is 154. The topological polar surface area (TPSA) is 35.2 Å². The molecular formula is C11H23NOS. The molecule has 3 heteroatoms. The molecule has 2 nitrogen and oxygen atoms in total. The number of hydrogen-bond donors (Lipinski definition) is 1. The zero-order chi connectivity index (χ0) is 10.4. The van der Waals surface area contributed by atoms with Crippen molar-refractivity contribution in [3.8, 4) is 0 Å². The first kappa shape index (κ1) is 12.3. The summed E-state index contributed by atoms with van der Waals surface area (Å²) < 4.78 is 5.41. The normalized spacial score (nSPS) is 30.2. The monoisotopic (exact) mass is 217 g/mol. The van der Waals surface area contributed by atoms with Crippen molar-refractivity contribution in [1.29, 1.82) is 0 Å². The van der Waals surface area contributed by atoms with Crippen LogP contribution in [0.2, 0.25) is 0 Å². The summed E-state index contributed by atoms with van der Waals surface area (Å²) in [6.45, 7) is 2.16. The lowest BCUT2D eigenvalue weighted by molar-refractivity contribution is 0.0730. The Morgan fingerprint density at radius 1 is 1.50 bits per heavy atom. The van der Waals surface area contributed by atoms with Crippen LogP contribution < -0.4 is 5.73 Å². The third-order valence-electron chi connectivity index (χ3n) is 2.98. The molecule has 0 heterocycles. The van der Waals surface area contributed by atoms with Gasteiger partial charge in [-0.3, -0.25) is 0 Å². The molecular weight excluding hydrogens is 194 g/mol. The van der Waals surface area contributed by atoms with Gasteiger partial charge < -0.3 is 10.5 Å². The van der Waals surface area contributed by atoms with Crippen molar-refractivity contribution in [2.75, 3.05) is 12.9 Å². The quantitative estimate of drug-likeness (QED) is 0.768. The summed E-state index contributed by atoms with van der Waals surface area (Å²) in [7, 11) is 1.83. The van der Waals surface area contributed by atoms with E-state index in [1.807, 2.05) is 18.9 Å². The third kappa shape index (κ3) is 4.20. The van der Waals surface area contributed by atoms with Crippen LogP contribution in [0.3, 0.4) is 0 Å². The second-order valence-corrected chi connectivity index (χ2v) is 5.48. The minimum Gasteiger partial charge on any atom is -0.381 e. The van der Waals surface area contributed by atoms with Crippen LogP contribution in [-0.4, -0.2) is 30.3 Å². The fourth-order valence-corrected chi connectivity index (χ4v) is 3.28. The maximum absolute atomic E-state index is 5.91. The lowest BCUT2D eigenvalue weighted by atomic mass is 9.97. The van der Waals surface area contributed by atoms with E-state index in [0.717, 1.165) is 17.4 Å². The number of ether oxygens (including phenoxy) is 1. The molecule has 1 fully saturated rings. The molecule has 0 aliphatic heterocycles. The molecule has 1 saturated carbocycles. The third-order valence-corrected chi connectivity index (χ3v) is 4.50. The van der Waals surface area contributed by atoms with Crippen molar-refractivity contribution in [1.82, 2.24) is 0 Å². The highest BCUT2D eigenvalue weighted by molar-refractivity contribution is 7.99. The molecule has 0 spiro atoms. The predicted octanol–water partition coefficient (Wildman–Crippen LogP) is 2.41. The zero-order valence-corrected chi connectivity index (χ0v) is 10.2. The number of nitrogens with two attached hydrogens (primary N) is 1. The molecule has 0 aromatic carbocycles. The van der Waals surface area contributed by atoms with Gasteiger partial charge in [0.25, 0.3) is 0 Å². The lowest BCUT2D eigenvalue weighted by Gasteiger charge is -2.28. The summed E-state index contributed by atoms with van der Waals surface area (Å²) in [5.74, 6) is 1.11. The summed E-state index contributed by atoms with van der Waals surface area (Å²) >= 11 is 2.04. The van der Waals surface area contributed by atoms with Crippen LogP contribution in [-0.2, 0) is 4.74 Å². The molecule has 0 aromatic rings. The van der Waals surface area contributed by atoms with Gasteiger partial charge in [-0.2, -0.15) is 11.8 Å². The van der Waals surface area contributed by atoms with Crippen molar-refractivity contribution in [3.63, 3.8) is 0 Å². The number of hydrogen-bond acceptors (Lipinski definition) is 3. The van der Waals surface area contributed by atoms with Gasteiger partial charge in [-0.25, -0.2) is 0 Å². The van der Waals surface area contributed by atoms with Crippen LogP contribution in [0, 0.1) is 0 Å². The molecule has 3 atom stereocenters. The predicted molar refractivity (Wildman–Crippen MR) is 63.8 cm³/mol. The fourth-order valence-electron chi connectivity index (χ4n) is 1.85. The molecule has 1 rings (SSSR count). The van der Waals surface area contributed by atoms with Gasteiger partial charge in [0.05, 0.1) is 6.10 Å². The van der Waals surface area contributed by atoms with Gasteiger partial charge in [-0.15, -0.1) is 0 Å². The maximum Gasteiger partial charge on any atom is 0.0581 e. The number of rotatable bonds is 5. The Labute approximate surface area is 92.0 Å². The second-order valence-electron chi connectivity index (χ2n) is 4.15. The molecule has 2 N–H and O–H groups in total. The molecule has 1 aliphatic rings. The van der Waals surface area contributed by atoms with Crippen LogP contribution >= 0.6 is 11.8 Å². The largest absolute Gasteiger partial charge is 0.381 e. The van der Waals surface area contributed by atoms with E-state index in [-0.39, 0.29) is 0 Å². The Kier molecular flexibility index (Phi) is 5.90. The standard InChI is InChI=1S/C11H23NOS/c1-3-9(12)8-14-11-6-4-5-10(7-11)13-2/h9-11H,3-8,12H2,1-2H3. The number of thioether (sulfide) groups is 1. The van der Waals surface area contributed by atoms with E-state index in [2.05, 4.69) is 6.92 Å². The van der Waals surface area contributed by atoms with E-state index in [0.29, 0.717) is 12.1 Å². The molecule has 0 saturated heterocycles. The molecule has 3 unspecified atom stereocenters. The van der Waals surface area contributed by atoms with Gasteiger partial charge in [0, 0.05) is 24.2 Å². The van der Waals surface area contributed by atoms with Crippen LogP contribution in [0.1, 0.15) is 39.0 Å². The zero-order valence-electron chi connectivity index (χ0n) is 9.37. The van der Waals surface area contributed by atoms with Crippen LogP contribution in [0.15, 0.2) is 0 Å². The Morgan fingerprint density at radius 3 is 2.93 bits per heavy atom. The summed E-state index contributed by atoms with van der Waals surface area (Å²) in [6.07, 6.45) is 6.72. The maximum atomic E-state index is 5.91. The van der Waals surface area contributed by atoms with Crippen LogP contribution in [0.25, 0.3) is 0 Å². The van der Waals surface area contributed by atoms with Crippen LogP contribution in [0.5, 0.6) is 0 Å². The average molecular weight is 217 g/mol. The van der Waals surface area contributed by atoms with E-state index in [4.69, 9.17) is 10.5 Å². The molecule has 0 aromatic heterocycles. The van der Waals surface area contributed by atoms with Gasteiger partial charge >= 0.3 is 0 Å². The summed E-state index contributed by atoms with van der Waals surface area (Å²) in [4.78, 5) is 0. The first-order valence-corrected chi connectivity index (χ1v) is 6.71. The van der Waals surface area contributed by atoms with Gasteiger partial charge in [-0.1, -0.05) is 6.92 Å². The molecule has 84 valence electrons. The minimum atomic E-state index is 0.378. The van der Waals surface area contributed by atoms with Crippen LogP contribution in [0.4, 0.5) is 0 Å². The molecule has 0 bridgehead atoms. The van der Waals surface area contributed by atoms with Crippen molar-refractivity contribution >= 4 is 11.8 Å². The second kappa shape index (κ2) is 6.70. The summed E-state index contributed by atoms with van der Waals surface area (Å²) in [5, 5.41) is 0.784. The van der Waals surface area contributed by atoms with Crippen molar-refractivity contribution < 1.29 is 4.74 Å². The molecule has 14 heavy (non-hydrogen) atoms. The average Bonchev–Trinajstić information content (AvgIpc) is 2.26. The van der Waals surface area contributed by atoms with E-state index >= 15 is 0 Å². The van der Waals surface area contributed by atoms with Crippen molar-refractivity contribution in [2.24, 2.45) is 5.73 Å². The lowest BCUT2D eigenvalue weighted by Crippen LogP contribution is -2.27. The highest BCUT2D eigenvalue weighted by Crippen LogP contribution is 2.30. The van der Waals surface area contributed by atoms with E-state index in [9.17, 15) is 0 Å². The van der Waals surface area contributed by atoms with Crippen molar-refractivity contribution in [2.45, 2.75) is 56.4 Å². The fraction of sp³-hybridized carbons (Fsp3) is 1.00. The first-order chi connectivity index (χ1) is 6.76. The molecule has 1 aliphatic carbocycles. The van der Waals surface area contributed by atoms with E-state index in [1.54, 1.807) is 0 Å². The smallest absolute Gasteiger partial charge is 0.0581 e. The molecule has 0 radical (unpaired) electrons. The van der Waals surface area contributed by atoms with Gasteiger partial charge in [0.15, 0.2) is 0 Å². The first-order valence-electron chi connectivity index (χ1n) is 5.66. The Morgan fingerprint density at radius 2 is 2.29 bits per heavy atom. The van der Waals surface area contributed by atoms with Gasteiger partial charge in [-0.05, 0) is 32.1 Å². The van der Waals surface area contributed by atoms with E-state index < -0.39 is 0 Å². The highest BCUT2D eigenvalue weighted by Gasteiger charge is 2.22. The van der Waals surface area contributed by atoms with Crippen molar-refractivity contribution in [3.05, 3.63) is 0 Å². The van der Waals surface area contributed by atoms with Gasteiger partial charge in [0.1, 0.15) is 0 Å². The summed E-state index contributed by atoms with van der Waals surface area (Å²) in [6, 6.07) is 0.378. The van der Waals surface area contributed by atoms with Gasteiger partial charge in [0.2, 0.25) is 0 Å².